The van der Waals surface area contributed by atoms with Crippen molar-refractivity contribution >= 4 is 17.1 Å². The van der Waals surface area contributed by atoms with Crippen LogP contribution >= 0.6 is 11.3 Å². The Balaban J connectivity index is 2.22. The number of aromatic nitrogens is 2. The zero-order valence-electron chi connectivity index (χ0n) is 8.25. The van der Waals surface area contributed by atoms with Crippen molar-refractivity contribution in [3.8, 4) is 0 Å². The maximum Gasteiger partial charge on any atom is 0.188 e. The molecule has 0 saturated heterocycles. The fraction of sp³-hybridized carbons (Fsp3) is 0.200. The van der Waals surface area contributed by atoms with Crippen LogP contribution in [0.25, 0.3) is 0 Å². The number of nitrogens with two attached hydrogens (primary N) is 1. The average molecular weight is 221 g/mol. The van der Waals surface area contributed by atoms with Gasteiger partial charge in [0.1, 0.15) is 6.04 Å². The zero-order valence-corrected chi connectivity index (χ0v) is 9.07. The summed E-state index contributed by atoms with van der Waals surface area (Å²) in [6.45, 7) is 0. The van der Waals surface area contributed by atoms with Gasteiger partial charge in [0, 0.05) is 18.1 Å². The molecule has 2 N–H and O–H groups in total. The van der Waals surface area contributed by atoms with Gasteiger partial charge in [0.2, 0.25) is 0 Å². The summed E-state index contributed by atoms with van der Waals surface area (Å²) in [4.78, 5) is 12.8. The van der Waals surface area contributed by atoms with Gasteiger partial charge in [-0.25, -0.2) is 0 Å². The molecule has 2 rings (SSSR count). The molecule has 2 aromatic heterocycles. The van der Waals surface area contributed by atoms with Crippen LogP contribution < -0.4 is 5.73 Å². The van der Waals surface area contributed by atoms with Gasteiger partial charge in [0.15, 0.2) is 5.78 Å². The Morgan fingerprint density at radius 3 is 3.00 bits per heavy atom. The van der Waals surface area contributed by atoms with Gasteiger partial charge in [0.05, 0.1) is 11.8 Å². The van der Waals surface area contributed by atoms with Gasteiger partial charge in [0.25, 0.3) is 0 Å². The monoisotopic (exact) mass is 221 g/mol. The van der Waals surface area contributed by atoms with E-state index in [1.807, 2.05) is 17.5 Å². The van der Waals surface area contributed by atoms with Crippen LogP contribution in [-0.2, 0) is 7.05 Å². The van der Waals surface area contributed by atoms with Crippen molar-refractivity contribution in [2.75, 3.05) is 0 Å². The predicted molar refractivity (Wildman–Crippen MR) is 58.8 cm³/mol. The SMILES string of the molecule is Cn1cc(C(=O)C(N)c2cccs2)cn1. The van der Waals surface area contributed by atoms with Crippen molar-refractivity contribution in [3.05, 3.63) is 40.3 Å². The third kappa shape index (κ3) is 1.98. The normalized spacial score (nSPS) is 12.7. The maximum absolute atomic E-state index is 11.9. The van der Waals surface area contributed by atoms with Gasteiger partial charge in [-0.05, 0) is 11.4 Å². The summed E-state index contributed by atoms with van der Waals surface area (Å²) < 4.78 is 1.59. The lowest BCUT2D eigenvalue weighted by molar-refractivity contribution is 0.0962. The number of thiophene rings is 1. The van der Waals surface area contributed by atoms with Crippen LogP contribution in [-0.4, -0.2) is 15.6 Å². The number of nitrogens with zero attached hydrogens (tertiary/aromatic N) is 2. The second kappa shape index (κ2) is 3.96. The molecule has 4 nitrogen and oxygen atoms in total. The Bertz CT molecular complexity index is 461. The first-order valence-corrected chi connectivity index (χ1v) is 5.38. The molecule has 2 aromatic rings. The highest BCUT2D eigenvalue weighted by atomic mass is 32.1. The molecule has 0 aliphatic rings. The summed E-state index contributed by atoms with van der Waals surface area (Å²) in [5.74, 6) is -0.0921. The Morgan fingerprint density at radius 2 is 2.47 bits per heavy atom. The average Bonchev–Trinajstić information content (AvgIpc) is 2.85. The quantitative estimate of drug-likeness (QED) is 0.796. The van der Waals surface area contributed by atoms with Crippen molar-refractivity contribution in [3.63, 3.8) is 0 Å². The number of ketones is 1. The van der Waals surface area contributed by atoms with Crippen molar-refractivity contribution in [1.82, 2.24) is 9.78 Å². The lowest BCUT2D eigenvalue weighted by Crippen LogP contribution is -2.20. The standard InChI is InChI=1S/C10H11N3OS/c1-13-6-7(5-12-13)10(14)9(11)8-3-2-4-15-8/h2-6,9H,11H2,1H3. The molecular formula is C10H11N3OS. The molecule has 0 radical (unpaired) electrons. The number of aryl methyl sites for hydroxylation is 1. The van der Waals surface area contributed by atoms with E-state index in [2.05, 4.69) is 5.10 Å². The number of rotatable bonds is 3. The number of Topliss-reactive ketones (excluding diaryl/α,β-unsaturated/α-hetero) is 1. The number of hydrogen-bond donors (Lipinski definition) is 1. The molecule has 2 heterocycles. The van der Waals surface area contributed by atoms with Crippen LogP contribution in [0.15, 0.2) is 29.9 Å². The minimum Gasteiger partial charge on any atom is -0.317 e. The van der Waals surface area contributed by atoms with Crippen molar-refractivity contribution in [2.45, 2.75) is 6.04 Å². The van der Waals surface area contributed by atoms with E-state index in [4.69, 9.17) is 5.73 Å². The number of carbonyl (C=O) groups excluding carboxylic acids is 1. The van der Waals surface area contributed by atoms with E-state index in [9.17, 15) is 4.79 Å². The van der Waals surface area contributed by atoms with Crippen LogP contribution in [0.2, 0.25) is 0 Å². The summed E-state index contributed by atoms with van der Waals surface area (Å²) >= 11 is 1.49. The Hall–Kier alpha value is -1.46. The molecule has 1 unspecified atom stereocenters. The van der Waals surface area contributed by atoms with E-state index >= 15 is 0 Å². The maximum atomic E-state index is 11.9. The first-order valence-electron chi connectivity index (χ1n) is 4.50. The van der Waals surface area contributed by atoms with Gasteiger partial charge in [-0.15, -0.1) is 11.3 Å². The Kier molecular flexibility index (Phi) is 2.66. The van der Waals surface area contributed by atoms with Crippen LogP contribution in [0, 0.1) is 0 Å². The molecule has 0 aliphatic heterocycles. The van der Waals surface area contributed by atoms with Crippen molar-refractivity contribution in [2.24, 2.45) is 12.8 Å². The summed E-state index contributed by atoms with van der Waals surface area (Å²) in [7, 11) is 1.77. The topological polar surface area (TPSA) is 60.9 Å². The highest BCUT2D eigenvalue weighted by molar-refractivity contribution is 7.10. The molecule has 1 atom stereocenters. The first kappa shape index (κ1) is 10.1. The van der Waals surface area contributed by atoms with E-state index < -0.39 is 6.04 Å². The highest BCUT2D eigenvalue weighted by Gasteiger charge is 2.19. The number of hydrogen-bond acceptors (Lipinski definition) is 4. The minimum atomic E-state index is -0.575. The molecule has 15 heavy (non-hydrogen) atoms. The van der Waals surface area contributed by atoms with Gasteiger partial charge in [-0.2, -0.15) is 5.10 Å². The second-order valence-corrected chi connectivity index (χ2v) is 4.24. The van der Waals surface area contributed by atoms with Crippen molar-refractivity contribution in [1.29, 1.82) is 0 Å². The van der Waals surface area contributed by atoms with E-state index in [-0.39, 0.29) is 5.78 Å². The fourth-order valence-corrected chi connectivity index (χ4v) is 2.05. The molecular weight excluding hydrogens is 210 g/mol. The Morgan fingerprint density at radius 1 is 1.67 bits per heavy atom. The number of carbonyl (C=O) groups is 1. The van der Waals surface area contributed by atoms with Crippen LogP contribution in [0.3, 0.4) is 0 Å². The third-order valence-corrected chi connectivity index (χ3v) is 3.08. The van der Waals surface area contributed by atoms with E-state index in [0.29, 0.717) is 5.56 Å². The lowest BCUT2D eigenvalue weighted by atomic mass is 10.1. The smallest absolute Gasteiger partial charge is 0.188 e. The van der Waals surface area contributed by atoms with Crippen LogP contribution in [0.5, 0.6) is 0 Å². The van der Waals surface area contributed by atoms with Crippen LogP contribution in [0.4, 0.5) is 0 Å². The molecule has 0 spiro atoms. The molecule has 0 saturated carbocycles. The highest BCUT2D eigenvalue weighted by Crippen LogP contribution is 2.20. The lowest BCUT2D eigenvalue weighted by Gasteiger charge is -2.05. The zero-order chi connectivity index (χ0) is 10.8. The second-order valence-electron chi connectivity index (χ2n) is 3.26. The fourth-order valence-electron chi connectivity index (χ4n) is 1.33. The third-order valence-electron chi connectivity index (χ3n) is 2.12. The van der Waals surface area contributed by atoms with Crippen molar-refractivity contribution < 1.29 is 4.79 Å². The van der Waals surface area contributed by atoms with Gasteiger partial charge in [-0.1, -0.05) is 6.07 Å². The first-order chi connectivity index (χ1) is 7.18. The summed E-state index contributed by atoms with van der Waals surface area (Å²) in [6, 6.07) is 3.18. The molecule has 0 aromatic carbocycles. The molecule has 0 bridgehead atoms. The summed E-state index contributed by atoms with van der Waals surface area (Å²) in [5.41, 5.74) is 6.40. The van der Waals surface area contributed by atoms with Gasteiger partial charge < -0.3 is 5.73 Å². The van der Waals surface area contributed by atoms with E-state index in [0.717, 1.165) is 4.88 Å². The van der Waals surface area contributed by atoms with Gasteiger partial charge >= 0.3 is 0 Å². The molecule has 0 amide bonds. The molecule has 78 valence electrons. The minimum absolute atomic E-state index is 0.0921. The van der Waals surface area contributed by atoms with E-state index in [1.165, 1.54) is 17.5 Å². The molecule has 0 aliphatic carbocycles. The van der Waals surface area contributed by atoms with Crippen LogP contribution in [0.1, 0.15) is 21.3 Å². The van der Waals surface area contributed by atoms with E-state index in [1.54, 1.807) is 17.9 Å². The molecule has 5 heteroatoms. The summed E-state index contributed by atoms with van der Waals surface area (Å²) in [6.07, 6.45) is 3.21. The molecule has 0 fully saturated rings. The summed E-state index contributed by atoms with van der Waals surface area (Å²) in [5, 5.41) is 5.85. The van der Waals surface area contributed by atoms with Gasteiger partial charge in [-0.3, -0.25) is 9.48 Å². The Labute approximate surface area is 91.3 Å². The predicted octanol–water partition coefficient (Wildman–Crippen LogP) is 1.36. The largest absolute Gasteiger partial charge is 0.317 e.